The van der Waals surface area contributed by atoms with Gasteiger partial charge in [0.15, 0.2) is 0 Å². The first kappa shape index (κ1) is 12.0. The lowest BCUT2D eigenvalue weighted by Crippen LogP contribution is -2.28. The number of hydrogen-bond acceptors (Lipinski definition) is 4. The SMILES string of the molecule is CN(C)C(=O)CNc1ccccc1[N+](=O)[O-]. The molecule has 16 heavy (non-hydrogen) atoms. The second kappa shape index (κ2) is 5.11. The van der Waals surface area contributed by atoms with Crippen molar-refractivity contribution in [3.63, 3.8) is 0 Å². The average molecular weight is 223 g/mol. The first-order valence-corrected chi connectivity index (χ1v) is 4.70. The molecule has 0 aliphatic heterocycles. The van der Waals surface area contributed by atoms with Crippen LogP contribution >= 0.6 is 0 Å². The molecule has 0 bridgehead atoms. The molecule has 0 radical (unpaired) electrons. The summed E-state index contributed by atoms with van der Waals surface area (Å²) in [5.41, 5.74) is 0.316. The first-order valence-electron chi connectivity index (χ1n) is 4.70. The largest absolute Gasteiger partial charge is 0.371 e. The van der Waals surface area contributed by atoms with Crippen LogP contribution in [0.25, 0.3) is 0 Å². The molecule has 0 aromatic heterocycles. The smallest absolute Gasteiger partial charge is 0.292 e. The molecule has 6 heteroatoms. The Hall–Kier alpha value is -2.11. The molecular weight excluding hydrogens is 210 g/mol. The third-order valence-electron chi connectivity index (χ3n) is 2.03. The van der Waals surface area contributed by atoms with Gasteiger partial charge in [-0.05, 0) is 6.07 Å². The van der Waals surface area contributed by atoms with Gasteiger partial charge in [-0.25, -0.2) is 0 Å². The van der Waals surface area contributed by atoms with Crippen LogP contribution in [0.5, 0.6) is 0 Å². The Bertz CT molecular complexity index is 404. The topological polar surface area (TPSA) is 75.5 Å². The maximum Gasteiger partial charge on any atom is 0.292 e. The minimum absolute atomic E-state index is 0.0333. The number of amides is 1. The number of nitrogens with zero attached hydrogens (tertiary/aromatic N) is 2. The van der Waals surface area contributed by atoms with E-state index in [2.05, 4.69) is 5.32 Å². The molecule has 1 rings (SSSR count). The van der Waals surface area contributed by atoms with Crippen molar-refractivity contribution in [3.05, 3.63) is 34.4 Å². The van der Waals surface area contributed by atoms with Crippen molar-refractivity contribution in [3.8, 4) is 0 Å². The second-order valence-electron chi connectivity index (χ2n) is 3.42. The van der Waals surface area contributed by atoms with E-state index in [1.165, 1.54) is 11.0 Å². The van der Waals surface area contributed by atoms with Gasteiger partial charge in [-0.1, -0.05) is 12.1 Å². The van der Waals surface area contributed by atoms with E-state index >= 15 is 0 Å². The Balaban J connectivity index is 2.74. The molecule has 0 fully saturated rings. The average Bonchev–Trinajstić information content (AvgIpc) is 2.25. The monoisotopic (exact) mass is 223 g/mol. The van der Waals surface area contributed by atoms with Crippen molar-refractivity contribution in [2.45, 2.75) is 0 Å². The molecule has 1 aromatic carbocycles. The van der Waals surface area contributed by atoms with E-state index in [9.17, 15) is 14.9 Å². The summed E-state index contributed by atoms with van der Waals surface area (Å²) < 4.78 is 0. The Morgan fingerprint density at radius 2 is 2.06 bits per heavy atom. The van der Waals surface area contributed by atoms with Crippen LogP contribution in [0, 0.1) is 10.1 Å². The van der Waals surface area contributed by atoms with Crippen molar-refractivity contribution >= 4 is 17.3 Å². The molecule has 0 heterocycles. The van der Waals surface area contributed by atoms with Crippen molar-refractivity contribution < 1.29 is 9.72 Å². The second-order valence-corrected chi connectivity index (χ2v) is 3.42. The van der Waals surface area contributed by atoms with E-state index in [-0.39, 0.29) is 18.1 Å². The van der Waals surface area contributed by atoms with E-state index in [0.717, 1.165) is 0 Å². The first-order chi connectivity index (χ1) is 7.52. The van der Waals surface area contributed by atoms with E-state index in [0.29, 0.717) is 5.69 Å². The highest BCUT2D eigenvalue weighted by molar-refractivity contribution is 5.81. The summed E-state index contributed by atoms with van der Waals surface area (Å²) in [5, 5.41) is 13.4. The van der Waals surface area contributed by atoms with Crippen LogP contribution in [0.4, 0.5) is 11.4 Å². The number of carbonyl (C=O) groups excluding carboxylic acids is 1. The predicted octanol–water partition coefficient (Wildman–Crippen LogP) is 1.09. The summed E-state index contributed by atoms with van der Waals surface area (Å²) >= 11 is 0. The van der Waals surface area contributed by atoms with E-state index in [1.807, 2.05) is 0 Å². The van der Waals surface area contributed by atoms with Crippen LogP contribution < -0.4 is 5.32 Å². The van der Waals surface area contributed by atoms with Gasteiger partial charge in [-0.3, -0.25) is 14.9 Å². The number of nitrogens with one attached hydrogen (secondary N) is 1. The highest BCUT2D eigenvalue weighted by atomic mass is 16.6. The lowest BCUT2D eigenvalue weighted by molar-refractivity contribution is -0.383. The normalized spacial score (nSPS) is 9.62. The molecule has 0 saturated heterocycles. The molecule has 0 saturated carbocycles. The summed E-state index contributed by atoms with van der Waals surface area (Å²) in [6.07, 6.45) is 0. The molecule has 0 spiro atoms. The third-order valence-corrected chi connectivity index (χ3v) is 2.03. The molecule has 1 N–H and O–H groups in total. The quantitative estimate of drug-likeness (QED) is 0.612. The fourth-order valence-corrected chi connectivity index (χ4v) is 1.11. The van der Waals surface area contributed by atoms with Gasteiger partial charge in [0.25, 0.3) is 5.69 Å². The van der Waals surface area contributed by atoms with E-state index in [4.69, 9.17) is 0 Å². The maximum absolute atomic E-state index is 11.3. The zero-order valence-electron chi connectivity index (χ0n) is 9.14. The molecular formula is C10H13N3O3. The van der Waals surface area contributed by atoms with Crippen LogP contribution in [0.3, 0.4) is 0 Å². The van der Waals surface area contributed by atoms with Crippen LogP contribution in [-0.2, 0) is 4.79 Å². The highest BCUT2D eigenvalue weighted by Crippen LogP contribution is 2.22. The lowest BCUT2D eigenvalue weighted by atomic mass is 10.2. The summed E-state index contributed by atoms with van der Waals surface area (Å²) in [7, 11) is 3.26. The van der Waals surface area contributed by atoms with E-state index < -0.39 is 4.92 Å². The Kier molecular flexibility index (Phi) is 3.82. The summed E-state index contributed by atoms with van der Waals surface area (Å²) in [6.45, 7) is 0.0395. The zero-order chi connectivity index (χ0) is 12.1. The minimum Gasteiger partial charge on any atom is -0.371 e. The molecule has 0 aliphatic rings. The van der Waals surface area contributed by atoms with Crippen molar-refractivity contribution in [1.29, 1.82) is 0 Å². The summed E-state index contributed by atoms with van der Waals surface area (Å²) in [4.78, 5) is 22.9. The third kappa shape index (κ3) is 2.94. The molecule has 86 valence electrons. The van der Waals surface area contributed by atoms with Crippen molar-refractivity contribution in [2.24, 2.45) is 0 Å². The Morgan fingerprint density at radius 1 is 1.44 bits per heavy atom. The maximum atomic E-state index is 11.3. The minimum atomic E-state index is -0.484. The number of nitro benzene ring substituents is 1. The van der Waals surface area contributed by atoms with Crippen LogP contribution in [0.15, 0.2) is 24.3 Å². The van der Waals surface area contributed by atoms with Crippen molar-refractivity contribution in [1.82, 2.24) is 4.90 Å². The fraction of sp³-hybridized carbons (Fsp3) is 0.300. The number of rotatable bonds is 4. The zero-order valence-corrected chi connectivity index (χ0v) is 9.14. The number of para-hydroxylation sites is 2. The summed E-state index contributed by atoms with van der Waals surface area (Å²) in [6, 6.07) is 6.22. The van der Waals surface area contributed by atoms with Crippen LogP contribution in [0.1, 0.15) is 0 Å². The van der Waals surface area contributed by atoms with Gasteiger partial charge in [0.2, 0.25) is 5.91 Å². The highest BCUT2D eigenvalue weighted by Gasteiger charge is 2.13. The lowest BCUT2D eigenvalue weighted by Gasteiger charge is -2.11. The van der Waals surface area contributed by atoms with Gasteiger partial charge >= 0.3 is 0 Å². The molecule has 0 aliphatic carbocycles. The van der Waals surface area contributed by atoms with Gasteiger partial charge in [0, 0.05) is 20.2 Å². The number of benzene rings is 1. The summed E-state index contributed by atoms with van der Waals surface area (Å²) in [5.74, 6) is -0.141. The van der Waals surface area contributed by atoms with Crippen molar-refractivity contribution in [2.75, 3.05) is 26.0 Å². The molecule has 1 aromatic rings. The van der Waals surface area contributed by atoms with Gasteiger partial charge in [0.1, 0.15) is 5.69 Å². The molecule has 6 nitrogen and oxygen atoms in total. The number of hydrogen-bond donors (Lipinski definition) is 1. The van der Waals surface area contributed by atoms with Gasteiger partial charge in [0.05, 0.1) is 11.5 Å². The Morgan fingerprint density at radius 3 is 2.62 bits per heavy atom. The molecule has 0 unspecified atom stereocenters. The number of anilines is 1. The van der Waals surface area contributed by atoms with E-state index in [1.54, 1.807) is 32.3 Å². The van der Waals surface area contributed by atoms with Crippen LogP contribution in [-0.4, -0.2) is 36.4 Å². The number of nitro groups is 1. The van der Waals surface area contributed by atoms with Gasteiger partial charge in [-0.15, -0.1) is 0 Å². The molecule has 1 amide bonds. The number of carbonyl (C=O) groups is 1. The Labute approximate surface area is 93.0 Å². The van der Waals surface area contributed by atoms with Crippen LogP contribution in [0.2, 0.25) is 0 Å². The number of likely N-dealkylation sites (N-methyl/N-ethyl adjacent to an activating group) is 1. The van der Waals surface area contributed by atoms with Gasteiger partial charge < -0.3 is 10.2 Å². The van der Waals surface area contributed by atoms with Gasteiger partial charge in [-0.2, -0.15) is 0 Å². The fourth-order valence-electron chi connectivity index (χ4n) is 1.11. The molecule has 0 atom stereocenters. The standard InChI is InChI=1S/C10H13N3O3/c1-12(2)10(14)7-11-8-5-3-4-6-9(8)13(15)16/h3-6,11H,7H2,1-2H3. The predicted molar refractivity (Wildman–Crippen MR) is 60.3 cm³/mol.